The van der Waals surface area contributed by atoms with Gasteiger partial charge in [0, 0.05) is 12.0 Å². The highest BCUT2D eigenvalue weighted by Crippen LogP contribution is 2.47. The van der Waals surface area contributed by atoms with Crippen molar-refractivity contribution in [2.75, 3.05) is 18.9 Å². The molecule has 2 aromatic heterocycles. The van der Waals surface area contributed by atoms with Crippen molar-refractivity contribution in [3.05, 3.63) is 59.3 Å². The van der Waals surface area contributed by atoms with Gasteiger partial charge in [-0.2, -0.15) is 15.6 Å². The van der Waals surface area contributed by atoms with E-state index in [1.807, 2.05) is 6.07 Å². The van der Waals surface area contributed by atoms with Crippen LogP contribution in [-0.4, -0.2) is 56.1 Å². The van der Waals surface area contributed by atoms with E-state index in [9.17, 15) is 24.2 Å². The topological polar surface area (TPSA) is 198 Å². The van der Waals surface area contributed by atoms with Gasteiger partial charge < -0.3 is 25.2 Å². The molecule has 13 nitrogen and oxygen atoms in total. The first-order valence-corrected chi connectivity index (χ1v) is 21.9. The van der Waals surface area contributed by atoms with Gasteiger partial charge >= 0.3 is 7.82 Å². The van der Waals surface area contributed by atoms with Crippen LogP contribution in [-0.2, 0) is 35.3 Å². The van der Waals surface area contributed by atoms with E-state index >= 15 is 0 Å². The number of nitrogens with zero attached hydrogens (tertiary/aromatic N) is 5. The van der Waals surface area contributed by atoms with Crippen LogP contribution in [0.4, 0.5) is 10.2 Å². The van der Waals surface area contributed by atoms with Crippen LogP contribution in [0.3, 0.4) is 0 Å². The molecule has 1 fully saturated rings. The molecule has 5 atom stereocenters. The van der Waals surface area contributed by atoms with E-state index in [1.54, 1.807) is 12.1 Å². The van der Waals surface area contributed by atoms with E-state index in [0.29, 0.717) is 24.1 Å². The Balaban J connectivity index is 1.21. The highest BCUT2D eigenvalue weighted by Gasteiger charge is 2.50. The summed E-state index contributed by atoms with van der Waals surface area (Å²) in [5, 5.41) is 34.2. The number of aromatic nitrogens is 3. The first kappa shape index (κ1) is 45.2. The Morgan fingerprint density at radius 2 is 1.62 bits per heavy atom. The summed E-state index contributed by atoms with van der Waals surface area (Å²) in [5.41, 5.74) is 5.51. The maximum atomic E-state index is 14.5. The Hall–Kier alpha value is -3.46. The Bertz CT molecular complexity index is 1770. The van der Waals surface area contributed by atoms with Crippen molar-refractivity contribution in [3.8, 4) is 12.1 Å². The lowest BCUT2D eigenvalue weighted by Gasteiger charge is -2.24. The number of nitrogens with two attached hydrogens (primary N) is 1. The minimum Gasteiger partial charge on any atom is -0.390 e. The van der Waals surface area contributed by atoms with Gasteiger partial charge in [0.25, 0.3) is 0 Å². The van der Waals surface area contributed by atoms with E-state index in [4.69, 9.17) is 29.5 Å². The highest BCUT2D eigenvalue weighted by atomic mass is 31.2. The maximum Gasteiger partial charge on any atom is 0.472 e. The molecule has 1 aromatic carbocycles. The van der Waals surface area contributed by atoms with Gasteiger partial charge in [-0.05, 0) is 30.7 Å². The molecule has 3 heterocycles. The molecule has 0 bridgehead atoms. The lowest BCUT2D eigenvalue weighted by atomic mass is 9.96. The number of ether oxygens (including phenoxy) is 2. The molecule has 15 heteroatoms. The number of fused-ring (bicyclic) bond motifs is 1. The second kappa shape index (κ2) is 23.7. The fourth-order valence-corrected chi connectivity index (χ4v) is 8.13. The molecule has 0 spiro atoms. The van der Waals surface area contributed by atoms with Gasteiger partial charge in [0.05, 0.1) is 49.4 Å². The summed E-state index contributed by atoms with van der Waals surface area (Å²) in [5.74, 6) is -0.384. The molecule has 1 unspecified atom stereocenters. The molecule has 0 aliphatic carbocycles. The zero-order valence-corrected chi connectivity index (χ0v) is 33.7. The molecule has 4 rings (SSSR count). The van der Waals surface area contributed by atoms with E-state index in [0.717, 1.165) is 25.3 Å². The second-order valence-electron chi connectivity index (χ2n) is 14.9. The summed E-state index contributed by atoms with van der Waals surface area (Å²) in [6.07, 6.45) is 19.2. The average Bonchev–Trinajstić information content (AvgIpc) is 3.78. The van der Waals surface area contributed by atoms with Crippen molar-refractivity contribution >= 4 is 19.2 Å². The Kier molecular flexibility index (Phi) is 19.1. The second-order valence-corrected chi connectivity index (χ2v) is 16.3. The summed E-state index contributed by atoms with van der Waals surface area (Å²) in [7, 11) is -4.72. The quantitative estimate of drug-likeness (QED) is 0.0466. The molecule has 0 radical (unpaired) electrons. The number of nitrogen functional groups attached to an aromatic ring is 1. The number of nitriles is 2. The van der Waals surface area contributed by atoms with Gasteiger partial charge in [0.1, 0.15) is 29.8 Å². The van der Waals surface area contributed by atoms with Gasteiger partial charge in [-0.1, -0.05) is 122 Å². The number of aliphatic hydroxyl groups excluding tert-OH is 1. The fraction of sp³-hybridized carbons (Fsp3) is 0.659. The summed E-state index contributed by atoms with van der Waals surface area (Å²) < 4.78 is 51.7. The summed E-state index contributed by atoms with van der Waals surface area (Å²) in [6.45, 7) is 1.47. The lowest BCUT2D eigenvalue weighted by Crippen LogP contribution is -2.29. The Morgan fingerprint density at radius 1 is 1.00 bits per heavy atom. The van der Waals surface area contributed by atoms with Crippen LogP contribution in [0.5, 0.6) is 0 Å². The normalized spacial score (nSPS) is 19.8. The van der Waals surface area contributed by atoms with Crippen molar-refractivity contribution in [2.24, 2.45) is 0 Å². The third-order valence-corrected chi connectivity index (χ3v) is 11.5. The van der Waals surface area contributed by atoms with Gasteiger partial charge in [-0.15, -0.1) is 0 Å². The number of phosphoric ester groups is 1. The molecule has 56 heavy (non-hydrogen) atoms. The van der Waals surface area contributed by atoms with E-state index < -0.39 is 44.2 Å². The number of hydrogen-bond donors (Lipinski definition) is 3. The first-order chi connectivity index (χ1) is 27.1. The molecule has 4 N–H and O–H groups in total. The summed E-state index contributed by atoms with van der Waals surface area (Å²) >= 11 is 0. The third-order valence-electron chi connectivity index (χ3n) is 10.4. The van der Waals surface area contributed by atoms with Crippen molar-refractivity contribution in [1.29, 1.82) is 10.5 Å². The number of aliphatic hydroxyl groups is 1. The zero-order chi connectivity index (χ0) is 40.2. The molecule has 0 saturated carbocycles. The number of benzene rings is 1. The predicted octanol–water partition coefficient (Wildman–Crippen LogP) is 8.95. The van der Waals surface area contributed by atoms with E-state index in [-0.39, 0.29) is 36.6 Å². The molecule has 1 aliphatic heterocycles. The summed E-state index contributed by atoms with van der Waals surface area (Å²) in [4.78, 5) is 14.7. The van der Waals surface area contributed by atoms with Crippen LogP contribution < -0.4 is 5.73 Å². The van der Waals surface area contributed by atoms with Crippen molar-refractivity contribution < 1.29 is 37.5 Å². The van der Waals surface area contributed by atoms with Crippen molar-refractivity contribution in [1.82, 2.24) is 14.6 Å². The minimum absolute atomic E-state index is 0.113. The maximum absolute atomic E-state index is 14.5. The van der Waals surface area contributed by atoms with Crippen LogP contribution in [0.25, 0.3) is 5.52 Å². The number of hydrogen-bond acceptors (Lipinski definition) is 11. The molecule has 308 valence electrons. The van der Waals surface area contributed by atoms with Crippen LogP contribution >= 0.6 is 7.82 Å². The number of halogens is 1. The van der Waals surface area contributed by atoms with E-state index in [2.05, 4.69) is 23.1 Å². The standard InChI is InChI=1S/C41H60FN6O7P/c1-2-3-4-5-6-7-8-9-10-11-12-13-14-15-16-17-18-19-34(28-52-27-33-21-20-32(26-43)24-35(33)42)55-56(50,51)53-29-38-37(49)25-41(30-44,54-38)39-23-22-36-40(45)46-31-47-48(36)39/h20-24,31,34,37-38,49H,2-19,25,27-29H2,1H3,(H,50,51)(H2,45,46,47)/t34-,37+,38-,41+/m1/s1. The Labute approximate surface area is 330 Å². The number of rotatable bonds is 28. The van der Waals surface area contributed by atoms with Crippen LogP contribution in [0.15, 0.2) is 36.7 Å². The number of phosphoric acid groups is 1. The monoisotopic (exact) mass is 798 g/mol. The molecule has 1 saturated heterocycles. The SMILES string of the molecule is CCCCCCCCCCCCCCCCCCC[C@H](COCc1ccc(C#N)cc1F)OP(=O)(O)OC[C@H]1O[C@@](C#N)(c2ccc3c(N)ncnn23)C[C@@H]1O. The lowest BCUT2D eigenvalue weighted by molar-refractivity contribution is -0.0562. The molecule has 3 aromatic rings. The van der Waals surface area contributed by atoms with Crippen molar-refractivity contribution in [2.45, 2.75) is 159 Å². The van der Waals surface area contributed by atoms with Gasteiger partial charge in [-0.25, -0.2) is 18.5 Å². The number of unbranched alkanes of at least 4 members (excludes halogenated alkanes) is 16. The molecule has 0 amide bonds. The zero-order valence-electron chi connectivity index (χ0n) is 32.8. The van der Waals surface area contributed by atoms with E-state index in [1.165, 1.54) is 106 Å². The molecule has 1 aliphatic rings. The fourth-order valence-electron chi connectivity index (χ4n) is 7.19. The molecular weight excluding hydrogens is 738 g/mol. The highest BCUT2D eigenvalue weighted by molar-refractivity contribution is 7.47. The average molecular weight is 799 g/mol. The van der Waals surface area contributed by atoms with Gasteiger partial charge in [0.15, 0.2) is 11.4 Å². The van der Waals surface area contributed by atoms with Gasteiger partial charge in [0.2, 0.25) is 0 Å². The van der Waals surface area contributed by atoms with Crippen LogP contribution in [0.2, 0.25) is 0 Å². The predicted molar refractivity (Wildman–Crippen MR) is 210 cm³/mol. The van der Waals surface area contributed by atoms with Crippen LogP contribution in [0.1, 0.15) is 146 Å². The summed E-state index contributed by atoms with van der Waals surface area (Å²) in [6, 6.07) is 11.3. The number of anilines is 1. The first-order valence-electron chi connectivity index (χ1n) is 20.4. The van der Waals surface area contributed by atoms with Gasteiger partial charge in [-0.3, -0.25) is 9.05 Å². The van der Waals surface area contributed by atoms with Crippen molar-refractivity contribution in [3.63, 3.8) is 0 Å². The minimum atomic E-state index is -4.72. The van der Waals surface area contributed by atoms with Crippen LogP contribution in [0, 0.1) is 28.5 Å². The molecular formula is C41H60FN6O7P. The smallest absolute Gasteiger partial charge is 0.390 e. The Morgan fingerprint density at radius 3 is 2.21 bits per heavy atom. The third kappa shape index (κ3) is 14.2. The largest absolute Gasteiger partial charge is 0.472 e.